The minimum absolute atomic E-state index is 0.0773. The first kappa shape index (κ1) is 36.3. The Bertz CT molecular complexity index is 2120. The molecule has 7 unspecified atom stereocenters. The molecule has 1 spiro atoms. The predicted molar refractivity (Wildman–Crippen MR) is 204 cm³/mol. The third-order valence-corrected chi connectivity index (χ3v) is 12.5. The number of nitrogens with two attached hydrogens (primary N) is 1. The van der Waals surface area contributed by atoms with Crippen LogP contribution < -0.4 is 19.9 Å². The van der Waals surface area contributed by atoms with Gasteiger partial charge < -0.3 is 29.4 Å². The molecule has 4 bridgehead atoms. The molecule has 4 aliphatic heterocycles. The maximum Gasteiger partial charge on any atom is 0.333 e. The lowest BCUT2D eigenvalue weighted by molar-refractivity contribution is -0.207. The zero-order chi connectivity index (χ0) is 38.5. The van der Waals surface area contributed by atoms with E-state index in [4.69, 9.17) is 34.4 Å². The van der Waals surface area contributed by atoms with Crippen molar-refractivity contribution in [3.05, 3.63) is 64.0 Å². The molecule has 54 heavy (non-hydrogen) atoms. The molecular formula is C42H51N5O7. The monoisotopic (exact) mass is 737 g/mol. The number of hydrogen-bond acceptors (Lipinski definition) is 11. The third kappa shape index (κ3) is 5.08. The van der Waals surface area contributed by atoms with Crippen LogP contribution >= 0.6 is 0 Å². The zero-order valence-corrected chi connectivity index (χ0v) is 32.7. The van der Waals surface area contributed by atoms with Crippen LogP contribution in [0.2, 0.25) is 0 Å². The van der Waals surface area contributed by atoms with E-state index >= 15 is 4.79 Å². The summed E-state index contributed by atoms with van der Waals surface area (Å²) in [5.74, 6) is 0.210. The van der Waals surface area contributed by atoms with Gasteiger partial charge in [0.1, 0.15) is 29.2 Å². The Balaban J connectivity index is 1.41. The first-order valence-electron chi connectivity index (χ1n) is 19.0. The number of nitrogen functional groups attached to an aromatic ring is 1. The van der Waals surface area contributed by atoms with E-state index in [1.165, 1.54) is 12.7 Å². The Labute approximate surface area is 316 Å². The van der Waals surface area contributed by atoms with Gasteiger partial charge in [0.2, 0.25) is 5.95 Å². The molecule has 12 heteroatoms. The highest BCUT2D eigenvalue weighted by molar-refractivity contribution is 6.13. The lowest BCUT2D eigenvalue weighted by atomic mass is 9.44. The van der Waals surface area contributed by atoms with E-state index in [1.54, 1.807) is 24.0 Å². The van der Waals surface area contributed by atoms with E-state index in [2.05, 4.69) is 69.0 Å². The van der Waals surface area contributed by atoms with Gasteiger partial charge >= 0.3 is 5.97 Å². The number of hydrogen-bond donors (Lipinski definition) is 1. The zero-order valence-electron chi connectivity index (χ0n) is 32.7. The number of methoxy groups -OCH3 is 1. The Morgan fingerprint density at radius 3 is 2.50 bits per heavy atom. The van der Waals surface area contributed by atoms with Gasteiger partial charge in [-0.1, -0.05) is 29.4 Å². The van der Waals surface area contributed by atoms with Crippen molar-refractivity contribution >= 4 is 29.5 Å². The van der Waals surface area contributed by atoms with Crippen molar-refractivity contribution in [1.82, 2.24) is 14.8 Å². The Hall–Kier alpha value is -4.71. The number of fused-ring (bicyclic) bond motifs is 2. The molecule has 0 amide bonds. The number of ketones is 1. The second kappa shape index (κ2) is 12.4. The van der Waals surface area contributed by atoms with Gasteiger partial charge in [-0.3, -0.25) is 4.79 Å². The summed E-state index contributed by atoms with van der Waals surface area (Å²) in [6, 6.07) is -0.518. The molecule has 5 heterocycles. The predicted octanol–water partition coefficient (Wildman–Crippen LogP) is 6.68. The SMILES string of the molecule is COC(=O)/C(C)=C\CC12OC(C)(C)C3CC(C1=O)C(n1cnc(N)n1)C1C4=NCOc5c6c(c(CC=C(C)C)c(c54)OC132)OC(C)(CCC=C(C)C)C=C6. The second-order valence-corrected chi connectivity index (χ2v) is 16.9. The molecule has 3 aliphatic carbocycles. The van der Waals surface area contributed by atoms with Gasteiger partial charge in [0, 0.05) is 29.4 Å². The Morgan fingerprint density at radius 1 is 1.06 bits per heavy atom. The van der Waals surface area contributed by atoms with E-state index in [0.29, 0.717) is 35.7 Å². The van der Waals surface area contributed by atoms with Crippen molar-refractivity contribution < 1.29 is 33.3 Å². The number of aliphatic imine (C=N–C) groups is 1. The number of esters is 1. The summed E-state index contributed by atoms with van der Waals surface area (Å²) in [6.45, 7) is 16.3. The minimum atomic E-state index is -1.48. The number of anilines is 1. The summed E-state index contributed by atoms with van der Waals surface area (Å²) in [5.41, 5.74) is 8.06. The first-order valence-corrected chi connectivity index (χ1v) is 19.0. The summed E-state index contributed by atoms with van der Waals surface area (Å²) in [5, 5.41) is 4.60. The molecule has 1 aromatic heterocycles. The van der Waals surface area contributed by atoms with E-state index in [0.717, 1.165) is 40.8 Å². The molecule has 3 saturated carbocycles. The molecule has 9 rings (SSSR count). The summed E-state index contributed by atoms with van der Waals surface area (Å²) in [4.78, 5) is 37.5. The number of ether oxygens (including phenoxy) is 5. The largest absolute Gasteiger partial charge is 0.482 e. The lowest BCUT2D eigenvalue weighted by Gasteiger charge is -2.63. The van der Waals surface area contributed by atoms with E-state index < -0.39 is 46.3 Å². The Kier molecular flexibility index (Phi) is 8.34. The van der Waals surface area contributed by atoms with Crippen molar-refractivity contribution in [2.75, 3.05) is 19.6 Å². The fraction of sp³-hybridized carbons (Fsp3) is 0.548. The Morgan fingerprint density at radius 2 is 1.81 bits per heavy atom. The van der Waals surface area contributed by atoms with Gasteiger partial charge in [-0.25, -0.2) is 19.5 Å². The molecule has 2 aromatic rings. The summed E-state index contributed by atoms with van der Waals surface area (Å²) in [7, 11) is 1.35. The molecule has 286 valence electrons. The maximum absolute atomic E-state index is 15.3. The van der Waals surface area contributed by atoms with Crippen LogP contribution in [-0.2, 0) is 25.5 Å². The number of Topliss-reactive ketones (excluding diaryl/α,β-unsaturated/α-hetero) is 1. The smallest absolute Gasteiger partial charge is 0.333 e. The van der Waals surface area contributed by atoms with Gasteiger partial charge in [0.15, 0.2) is 23.7 Å². The molecule has 1 saturated heterocycles. The number of benzene rings is 1. The van der Waals surface area contributed by atoms with Crippen molar-refractivity contribution in [2.45, 2.75) is 116 Å². The summed E-state index contributed by atoms with van der Waals surface area (Å²) in [6.07, 6.45) is 14.8. The quantitative estimate of drug-likeness (QED) is 0.168. The van der Waals surface area contributed by atoms with Gasteiger partial charge in [-0.05, 0) is 93.2 Å². The third-order valence-electron chi connectivity index (χ3n) is 12.5. The van der Waals surface area contributed by atoms with E-state index in [1.807, 2.05) is 13.8 Å². The topological polar surface area (TPSA) is 149 Å². The fourth-order valence-electron chi connectivity index (χ4n) is 10.2. The second-order valence-electron chi connectivity index (χ2n) is 16.9. The van der Waals surface area contributed by atoms with Crippen LogP contribution in [-0.4, -0.2) is 68.5 Å². The van der Waals surface area contributed by atoms with Crippen molar-refractivity contribution in [1.29, 1.82) is 0 Å². The van der Waals surface area contributed by atoms with Crippen LogP contribution in [0.4, 0.5) is 5.95 Å². The van der Waals surface area contributed by atoms with Gasteiger partial charge in [-0.15, -0.1) is 5.10 Å². The van der Waals surface area contributed by atoms with Crippen LogP contribution in [0.5, 0.6) is 17.2 Å². The molecule has 0 radical (unpaired) electrons. The van der Waals surface area contributed by atoms with Crippen LogP contribution in [0.15, 0.2) is 52.3 Å². The molecule has 12 nitrogen and oxygen atoms in total. The number of rotatable bonds is 9. The molecule has 7 aliphatic rings. The number of aromatic nitrogens is 3. The normalized spacial score (nSPS) is 31.9. The maximum atomic E-state index is 15.3. The highest BCUT2D eigenvalue weighted by Gasteiger charge is 2.85. The number of carbonyl (C=O) groups excluding carboxylic acids is 2. The highest BCUT2D eigenvalue weighted by Crippen LogP contribution is 2.73. The molecule has 4 fully saturated rings. The van der Waals surface area contributed by atoms with Crippen LogP contribution in [0, 0.1) is 17.8 Å². The number of allylic oxidation sites excluding steroid dienone is 4. The van der Waals surface area contributed by atoms with Gasteiger partial charge in [-0.2, -0.15) is 0 Å². The summed E-state index contributed by atoms with van der Waals surface area (Å²) < 4.78 is 35.2. The van der Waals surface area contributed by atoms with Gasteiger partial charge in [0.05, 0.1) is 41.5 Å². The van der Waals surface area contributed by atoms with Crippen LogP contribution in [0.3, 0.4) is 0 Å². The van der Waals surface area contributed by atoms with E-state index in [9.17, 15) is 4.79 Å². The average Bonchev–Trinajstić information content (AvgIpc) is 3.61. The molecule has 7 atom stereocenters. The van der Waals surface area contributed by atoms with Crippen molar-refractivity contribution in [3.63, 3.8) is 0 Å². The van der Waals surface area contributed by atoms with Crippen LogP contribution in [0.1, 0.15) is 104 Å². The number of nitrogens with zero attached hydrogens (tertiary/aromatic N) is 4. The highest BCUT2D eigenvalue weighted by atomic mass is 16.6. The average molecular weight is 738 g/mol. The summed E-state index contributed by atoms with van der Waals surface area (Å²) >= 11 is 0. The fourth-order valence-corrected chi connectivity index (χ4v) is 10.2. The number of carbonyl (C=O) groups is 2. The standard InChI is InChI=1S/C42H51N5O7/c1-22(2)11-10-16-40(8)17-15-26-33(52-40)25(13-12-23(3)4)35-29-31(45-21-51-34(26)29)30-32(47-20-44-38(43)46-47)27-19-28-39(6,7)54-41(36(27)48,42(28,30)53-35)18-14-24(5)37(49)50-9/h11-12,14-15,17,20,27-28,30,32H,10,13,16,18-19,21H2,1-9H3,(H2,43,46)/b24-14-. The molecule has 2 N–H and O–H groups in total. The molecule has 1 aromatic carbocycles. The molecular weight excluding hydrogens is 686 g/mol. The lowest BCUT2D eigenvalue weighted by Crippen LogP contribution is -2.79. The van der Waals surface area contributed by atoms with E-state index in [-0.39, 0.29) is 30.8 Å². The van der Waals surface area contributed by atoms with Gasteiger partial charge in [0.25, 0.3) is 0 Å². The first-order chi connectivity index (χ1) is 25.6. The van der Waals surface area contributed by atoms with Crippen molar-refractivity contribution in [2.24, 2.45) is 22.7 Å². The minimum Gasteiger partial charge on any atom is -0.482 e. The van der Waals surface area contributed by atoms with Crippen molar-refractivity contribution in [3.8, 4) is 17.2 Å². The van der Waals surface area contributed by atoms with Crippen LogP contribution in [0.25, 0.3) is 6.08 Å².